The summed E-state index contributed by atoms with van der Waals surface area (Å²) in [6, 6.07) is 20.3. The molecule has 1 atom stereocenters. The van der Waals surface area contributed by atoms with E-state index in [4.69, 9.17) is 14.2 Å². The molecule has 0 aliphatic carbocycles. The SMILES string of the molecule is CC1CCCN(Cc2cc(-c3ccc4c(c3)OCO4)ccc2OCC(=O)NCCc2nc3ccccc3n2C)C1. The number of rotatable bonds is 9. The molecule has 8 nitrogen and oxygen atoms in total. The van der Waals surface area contributed by atoms with Gasteiger partial charge in [0.1, 0.15) is 11.6 Å². The summed E-state index contributed by atoms with van der Waals surface area (Å²) in [5.74, 6) is 3.76. The fourth-order valence-electron chi connectivity index (χ4n) is 5.70. The second-order valence-corrected chi connectivity index (χ2v) is 10.8. The minimum absolute atomic E-state index is 0.0324. The Bertz CT molecular complexity index is 1510. The summed E-state index contributed by atoms with van der Waals surface area (Å²) in [6.07, 6.45) is 3.12. The standard InChI is InChI=1S/C32H36N4O4/c1-22-6-5-15-36(18-22)19-25-16-23(24-10-12-29-30(17-24)40-21-39-29)9-11-28(25)38-20-32(37)33-14-13-31-34-26-7-3-4-8-27(26)35(31)2/h3-4,7-12,16-17,22H,5-6,13-15,18-21H2,1-2H3,(H,33,37). The molecular weight excluding hydrogens is 504 g/mol. The summed E-state index contributed by atoms with van der Waals surface area (Å²) in [4.78, 5) is 19.9. The summed E-state index contributed by atoms with van der Waals surface area (Å²) >= 11 is 0. The van der Waals surface area contributed by atoms with Crippen LogP contribution in [0.1, 0.15) is 31.2 Å². The number of benzene rings is 3. The number of nitrogens with zero attached hydrogens (tertiary/aromatic N) is 3. The van der Waals surface area contributed by atoms with Crippen LogP contribution in [0.15, 0.2) is 60.7 Å². The first-order chi connectivity index (χ1) is 19.5. The molecule has 2 aliphatic rings. The second kappa shape index (κ2) is 11.6. The van der Waals surface area contributed by atoms with E-state index in [0.717, 1.165) is 70.4 Å². The van der Waals surface area contributed by atoms with E-state index < -0.39 is 0 Å². The number of para-hydroxylation sites is 2. The van der Waals surface area contributed by atoms with Crippen LogP contribution in [0.3, 0.4) is 0 Å². The van der Waals surface area contributed by atoms with Gasteiger partial charge in [0.25, 0.3) is 5.91 Å². The molecule has 1 N–H and O–H groups in total. The average Bonchev–Trinajstić information content (AvgIpc) is 3.56. The van der Waals surface area contributed by atoms with E-state index in [2.05, 4.69) is 38.8 Å². The number of hydrogen-bond acceptors (Lipinski definition) is 6. The van der Waals surface area contributed by atoms with Crippen LogP contribution in [0.25, 0.3) is 22.2 Å². The summed E-state index contributed by atoms with van der Waals surface area (Å²) in [7, 11) is 2.01. The zero-order valence-electron chi connectivity index (χ0n) is 23.2. The minimum atomic E-state index is -0.142. The Balaban J connectivity index is 1.12. The van der Waals surface area contributed by atoms with Gasteiger partial charge in [0, 0.05) is 38.7 Å². The predicted octanol–water partition coefficient (Wildman–Crippen LogP) is 4.94. The molecule has 0 bridgehead atoms. The highest BCUT2D eigenvalue weighted by Gasteiger charge is 2.20. The third-order valence-corrected chi connectivity index (χ3v) is 7.81. The molecule has 4 aromatic rings. The Morgan fingerprint density at radius 3 is 2.77 bits per heavy atom. The van der Waals surface area contributed by atoms with Gasteiger partial charge in [-0.05, 0) is 72.8 Å². The number of imidazole rings is 1. The highest BCUT2D eigenvalue weighted by Crippen LogP contribution is 2.37. The number of ether oxygens (including phenoxy) is 3. The number of likely N-dealkylation sites (tertiary alicyclic amines) is 1. The van der Waals surface area contributed by atoms with Crippen molar-refractivity contribution in [2.75, 3.05) is 33.0 Å². The zero-order valence-corrected chi connectivity index (χ0v) is 23.2. The van der Waals surface area contributed by atoms with Gasteiger partial charge in [0.2, 0.25) is 6.79 Å². The van der Waals surface area contributed by atoms with Crippen LogP contribution in [-0.4, -0.2) is 53.4 Å². The van der Waals surface area contributed by atoms with Crippen molar-refractivity contribution in [1.29, 1.82) is 0 Å². The van der Waals surface area contributed by atoms with Crippen LogP contribution in [0.5, 0.6) is 17.2 Å². The first-order valence-corrected chi connectivity index (χ1v) is 14.1. The molecule has 1 saturated heterocycles. The van der Waals surface area contributed by atoms with Crippen molar-refractivity contribution in [2.45, 2.75) is 32.7 Å². The third-order valence-electron chi connectivity index (χ3n) is 7.81. The van der Waals surface area contributed by atoms with Crippen molar-refractivity contribution in [3.8, 4) is 28.4 Å². The molecule has 0 spiro atoms. The van der Waals surface area contributed by atoms with Crippen LogP contribution in [0.2, 0.25) is 0 Å². The van der Waals surface area contributed by atoms with Crippen molar-refractivity contribution >= 4 is 16.9 Å². The van der Waals surface area contributed by atoms with Crippen molar-refractivity contribution in [3.05, 3.63) is 72.1 Å². The molecular formula is C32H36N4O4. The second-order valence-electron chi connectivity index (χ2n) is 10.8. The highest BCUT2D eigenvalue weighted by atomic mass is 16.7. The maximum Gasteiger partial charge on any atom is 0.257 e. The normalized spacial score (nSPS) is 16.8. The van der Waals surface area contributed by atoms with Crippen LogP contribution >= 0.6 is 0 Å². The number of aryl methyl sites for hydroxylation is 1. The fraction of sp³-hybridized carbons (Fsp3) is 0.375. The minimum Gasteiger partial charge on any atom is -0.483 e. The molecule has 2 aliphatic heterocycles. The van der Waals surface area contributed by atoms with E-state index in [1.165, 1.54) is 12.8 Å². The Morgan fingerprint density at radius 2 is 1.90 bits per heavy atom. The maximum atomic E-state index is 12.7. The van der Waals surface area contributed by atoms with Gasteiger partial charge in [-0.15, -0.1) is 0 Å². The number of nitrogens with one attached hydrogen (secondary N) is 1. The monoisotopic (exact) mass is 540 g/mol. The third kappa shape index (κ3) is 5.77. The van der Waals surface area contributed by atoms with Crippen molar-refractivity contribution in [2.24, 2.45) is 13.0 Å². The lowest BCUT2D eigenvalue weighted by atomic mass is 9.98. The van der Waals surface area contributed by atoms with Gasteiger partial charge >= 0.3 is 0 Å². The molecule has 1 amide bonds. The van der Waals surface area contributed by atoms with Crippen molar-refractivity contribution < 1.29 is 19.0 Å². The van der Waals surface area contributed by atoms with Gasteiger partial charge in [0.15, 0.2) is 18.1 Å². The van der Waals surface area contributed by atoms with E-state index in [1.807, 2.05) is 55.6 Å². The van der Waals surface area contributed by atoms with Crippen molar-refractivity contribution in [3.63, 3.8) is 0 Å². The summed E-state index contributed by atoms with van der Waals surface area (Å²) < 4.78 is 19.2. The first kappa shape index (κ1) is 26.2. The van der Waals surface area contributed by atoms with E-state index in [-0.39, 0.29) is 19.3 Å². The Hall–Kier alpha value is -4.04. The smallest absolute Gasteiger partial charge is 0.257 e. The Kier molecular flexibility index (Phi) is 7.60. The molecule has 1 aromatic heterocycles. The molecule has 208 valence electrons. The van der Waals surface area contributed by atoms with E-state index in [1.54, 1.807) is 0 Å². The summed E-state index contributed by atoms with van der Waals surface area (Å²) in [6.45, 7) is 5.95. The fourth-order valence-corrected chi connectivity index (χ4v) is 5.70. The Morgan fingerprint density at radius 1 is 1.07 bits per heavy atom. The lowest BCUT2D eigenvalue weighted by Gasteiger charge is -2.31. The lowest BCUT2D eigenvalue weighted by molar-refractivity contribution is -0.123. The number of fused-ring (bicyclic) bond motifs is 2. The Labute approximate surface area is 234 Å². The van der Waals surface area contributed by atoms with Gasteiger partial charge < -0.3 is 24.1 Å². The number of amides is 1. The molecule has 3 aromatic carbocycles. The van der Waals surface area contributed by atoms with Crippen LogP contribution in [0.4, 0.5) is 0 Å². The molecule has 0 saturated carbocycles. The molecule has 0 radical (unpaired) electrons. The number of hydrogen-bond donors (Lipinski definition) is 1. The number of carbonyl (C=O) groups is 1. The van der Waals surface area contributed by atoms with Gasteiger partial charge in [-0.25, -0.2) is 4.98 Å². The number of aromatic nitrogens is 2. The van der Waals surface area contributed by atoms with Crippen LogP contribution in [-0.2, 0) is 24.8 Å². The van der Waals surface area contributed by atoms with E-state index >= 15 is 0 Å². The molecule has 3 heterocycles. The maximum absolute atomic E-state index is 12.7. The average molecular weight is 541 g/mol. The molecule has 1 unspecified atom stereocenters. The first-order valence-electron chi connectivity index (χ1n) is 14.1. The quantitative estimate of drug-likeness (QED) is 0.324. The van der Waals surface area contributed by atoms with Gasteiger partial charge in [-0.3, -0.25) is 9.69 Å². The number of piperidine rings is 1. The van der Waals surface area contributed by atoms with Crippen LogP contribution < -0.4 is 19.5 Å². The largest absolute Gasteiger partial charge is 0.483 e. The highest BCUT2D eigenvalue weighted by molar-refractivity contribution is 5.78. The van der Waals surface area contributed by atoms with E-state index in [9.17, 15) is 4.79 Å². The van der Waals surface area contributed by atoms with Crippen LogP contribution in [0, 0.1) is 5.92 Å². The van der Waals surface area contributed by atoms with Gasteiger partial charge in [0.05, 0.1) is 11.0 Å². The molecule has 1 fully saturated rings. The summed E-state index contributed by atoms with van der Waals surface area (Å²) in [5, 5.41) is 2.99. The molecule has 8 heteroatoms. The molecule has 40 heavy (non-hydrogen) atoms. The van der Waals surface area contributed by atoms with Gasteiger partial charge in [-0.1, -0.05) is 31.2 Å². The summed E-state index contributed by atoms with van der Waals surface area (Å²) in [5.41, 5.74) is 5.28. The topological polar surface area (TPSA) is 77.8 Å². The van der Waals surface area contributed by atoms with Crippen molar-refractivity contribution in [1.82, 2.24) is 19.8 Å². The zero-order chi connectivity index (χ0) is 27.5. The van der Waals surface area contributed by atoms with Gasteiger partial charge in [-0.2, -0.15) is 0 Å². The predicted molar refractivity (Wildman–Crippen MR) is 155 cm³/mol. The molecule has 6 rings (SSSR count). The van der Waals surface area contributed by atoms with E-state index in [0.29, 0.717) is 18.9 Å². The number of carbonyl (C=O) groups excluding carboxylic acids is 1. The lowest BCUT2D eigenvalue weighted by Crippen LogP contribution is -2.34.